The Hall–Kier alpha value is -0.650. The number of rotatable bonds is 4. The van der Waals surface area contributed by atoms with E-state index in [0.717, 1.165) is 19.1 Å². The third-order valence-corrected chi connectivity index (χ3v) is 6.10. The fourth-order valence-corrected chi connectivity index (χ4v) is 4.69. The van der Waals surface area contributed by atoms with E-state index in [0.29, 0.717) is 12.1 Å². The van der Waals surface area contributed by atoms with Gasteiger partial charge in [-0.05, 0) is 39.8 Å². The number of thiazole rings is 1. The second kappa shape index (κ2) is 6.63. The fourth-order valence-electron chi connectivity index (χ4n) is 3.64. The zero-order valence-corrected chi connectivity index (χ0v) is 14.3. The molecular weight excluding hydrogens is 280 g/mol. The Labute approximate surface area is 132 Å². The van der Waals surface area contributed by atoms with Crippen molar-refractivity contribution in [1.82, 2.24) is 15.2 Å². The van der Waals surface area contributed by atoms with Gasteiger partial charge in [0.2, 0.25) is 0 Å². The van der Waals surface area contributed by atoms with Crippen LogP contribution in [0.3, 0.4) is 0 Å². The number of aromatic nitrogens is 1. The van der Waals surface area contributed by atoms with Gasteiger partial charge in [0.05, 0.1) is 0 Å². The van der Waals surface area contributed by atoms with Gasteiger partial charge in [0.1, 0.15) is 0 Å². The SMILES string of the molecule is CCNC(C)c1cnc(N2CC3CCCCN3CC2C)s1. The smallest absolute Gasteiger partial charge is 0.185 e. The van der Waals surface area contributed by atoms with Crippen LogP contribution in [0.25, 0.3) is 0 Å². The molecule has 1 aromatic rings. The van der Waals surface area contributed by atoms with Crippen LogP contribution in [0.2, 0.25) is 0 Å². The molecule has 5 heteroatoms. The number of nitrogens with zero attached hydrogens (tertiary/aromatic N) is 3. The maximum Gasteiger partial charge on any atom is 0.185 e. The van der Waals surface area contributed by atoms with Crippen molar-refractivity contribution in [2.24, 2.45) is 0 Å². The van der Waals surface area contributed by atoms with E-state index < -0.39 is 0 Å². The molecule has 3 rings (SSSR count). The molecular formula is C16H28N4S. The number of nitrogens with one attached hydrogen (secondary N) is 1. The monoisotopic (exact) mass is 308 g/mol. The minimum absolute atomic E-state index is 0.410. The number of piperazine rings is 1. The van der Waals surface area contributed by atoms with Gasteiger partial charge in [0.15, 0.2) is 5.13 Å². The van der Waals surface area contributed by atoms with Gasteiger partial charge in [0.25, 0.3) is 0 Å². The molecule has 0 spiro atoms. The van der Waals surface area contributed by atoms with Gasteiger partial charge in [0, 0.05) is 42.3 Å². The molecule has 118 valence electrons. The topological polar surface area (TPSA) is 31.4 Å². The Morgan fingerprint density at radius 3 is 3.10 bits per heavy atom. The quantitative estimate of drug-likeness (QED) is 0.927. The minimum atomic E-state index is 0.410. The molecule has 0 amide bonds. The summed E-state index contributed by atoms with van der Waals surface area (Å²) in [4.78, 5) is 11.3. The summed E-state index contributed by atoms with van der Waals surface area (Å²) >= 11 is 1.86. The predicted octanol–water partition coefficient (Wildman–Crippen LogP) is 2.88. The number of fused-ring (bicyclic) bond motifs is 1. The van der Waals surface area contributed by atoms with Crippen LogP contribution in [0, 0.1) is 0 Å². The lowest BCUT2D eigenvalue weighted by Crippen LogP contribution is -2.58. The van der Waals surface area contributed by atoms with Crippen molar-refractivity contribution < 1.29 is 0 Å². The summed E-state index contributed by atoms with van der Waals surface area (Å²) in [5.41, 5.74) is 0. The van der Waals surface area contributed by atoms with Gasteiger partial charge in [-0.3, -0.25) is 4.90 Å². The minimum Gasteiger partial charge on any atom is -0.343 e. The van der Waals surface area contributed by atoms with Crippen molar-refractivity contribution in [3.05, 3.63) is 11.1 Å². The summed E-state index contributed by atoms with van der Waals surface area (Å²) in [6.45, 7) is 11.4. The molecule has 3 heterocycles. The molecule has 1 aromatic heterocycles. The van der Waals surface area contributed by atoms with Crippen molar-refractivity contribution in [3.8, 4) is 0 Å². The molecule has 0 aliphatic carbocycles. The number of piperidine rings is 1. The highest BCUT2D eigenvalue weighted by atomic mass is 32.1. The number of hydrogen-bond donors (Lipinski definition) is 1. The van der Waals surface area contributed by atoms with E-state index in [1.54, 1.807) is 0 Å². The van der Waals surface area contributed by atoms with E-state index in [1.807, 2.05) is 11.3 Å². The molecule has 3 unspecified atom stereocenters. The largest absolute Gasteiger partial charge is 0.343 e. The molecule has 0 saturated carbocycles. The van der Waals surface area contributed by atoms with Gasteiger partial charge < -0.3 is 10.2 Å². The molecule has 21 heavy (non-hydrogen) atoms. The Balaban J connectivity index is 1.71. The Bertz CT molecular complexity index is 461. The average Bonchev–Trinajstić information content (AvgIpc) is 2.96. The summed E-state index contributed by atoms with van der Waals surface area (Å²) in [5, 5.41) is 4.69. The molecule has 1 N–H and O–H groups in total. The summed E-state index contributed by atoms with van der Waals surface area (Å²) in [6, 6.07) is 1.73. The first-order chi connectivity index (χ1) is 10.2. The summed E-state index contributed by atoms with van der Waals surface area (Å²) in [5.74, 6) is 0. The fraction of sp³-hybridized carbons (Fsp3) is 0.812. The maximum absolute atomic E-state index is 4.72. The molecule has 2 saturated heterocycles. The first-order valence-corrected chi connectivity index (χ1v) is 9.20. The summed E-state index contributed by atoms with van der Waals surface area (Å²) in [6.07, 6.45) is 6.19. The first-order valence-electron chi connectivity index (χ1n) is 8.38. The van der Waals surface area contributed by atoms with E-state index in [2.05, 4.69) is 42.1 Å². The Morgan fingerprint density at radius 1 is 1.43 bits per heavy atom. The van der Waals surface area contributed by atoms with Crippen molar-refractivity contribution in [2.45, 2.75) is 58.2 Å². The number of anilines is 1. The van der Waals surface area contributed by atoms with E-state index in [4.69, 9.17) is 4.98 Å². The van der Waals surface area contributed by atoms with Crippen LogP contribution in [0.1, 0.15) is 51.0 Å². The normalized spacial score (nSPS) is 28.4. The molecule has 4 nitrogen and oxygen atoms in total. The lowest BCUT2D eigenvalue weighted by Gasteiger charge is -2.47. The standard InChI is InChI=1S/C16H28N4S/c1-4-17-13(3)15-9-18-16(21-15)20-11-14-7-5-6-8-19(14)10-12(20)2/h9,12-14,17H,4-8,10-11H2,1-3H3. The average molecular weight is 308 g/mol. The Kier molecular flexibility index (Phi) is 4.82. The van der Waals surface area contributed by atoms with E-state index in [-0.39, 0.29) is 0 Å². The lowest BCUT2D eigenvalue weighted by atomic mass is 9.97. The van der Waals surface area contributed by atoms with Crippen molar-refractivity contribution in [2.75, 3.05) is 31.1 Å². The number of hydrogen-bond acceptors (Lipinski definition) is 5. The molecule has 2 fully saturated rings. The molecule has 0 radical (unpaired) electrons. The molecule has 2 aliphatic rings. The first kappa shape index (κ1) is 15.3. The van der Waals surface area contributed by atoms with Crippen LogP contribution in [0.15, 0.2) is 6.20 Å². The Morgan fingerprint density at radius 2 is 2.29 bits per heavy atom. The van der Waals surface area contributed by atoms with Gasteiger partial charge in [-0.15, -0.1) is 11.3 Å². The van der Waals surface area contributed by atoms with Crippen molar-refractivity contribution >= 4 is 16.5 Å². The second-order valence-electron chi connectivity index (χ2n) is 6.47. The molecule has 0 aromatic carbocycles. The zero-order chi connectivity index (χ0) is 14.8. The highest BCUT2D eigenvalue weighted by molar-refractivity contribution is 7.15. The van der Waals surface area contributed by atoms with Crippen molar-refractivity contribution in [3.63, 3.8) is 0 Å². The highest BCUT2D eigenvalue weighted by Gasteiger charge is 2.34. The van der Waals surface area contributed by atoms with Crippen LogP contribution in [-0.4, -0.2) is 48.1 Å². The summed E-state index contributed by atoms with van der Waals surface area (Å²) in [7, 11) is 0. The third kappa shape index (κ3) is 3.25. The van der Waals surface area contributed by atoms with Crippen LogP contribution in [-0.2, 0) is 0 Å². The molecule has 2 aliphatic heterocycles. The highest BCUT2D eigenvalue weighted by Crippen LogP contribution is 2.32. The van der Waals surface area contributed by atoms with Gasteiger partial charge in [-0.1, -0.05) is 13.3 Å². The van der Waals surface area contributed by atoms with E-state index >= 15 is 0 Å². The van der Waals surface area contributed by atoms with E-state index in [1.165, 1.54) is 42.4 Å². The molecule has 0 bridgehead atoms. The predicted molar refractivity (Wildman–Crippen MR) is 90.2 cm³/mol. The zero-order valence-electron chi connectivity index (χ0n) is 13.5. The summed E-state index contributed by atoms with van der Waals surface area (Å²) < 4.78 is 0. The van der Waals surface area contributed by atoms with Crippen LogP contribution < -0.4 is 10.2 Å². The van der Waals surface area contributed by atoms with E-state index in [9.17, 15) is 0 Å². The van der Waals surface area contributed by atoms with Crippen LogP contribution in [0.5, 0.6) is 0 Å². The van der Waals surface area contributed by atoms with Gasteiger partial charge >= 0.3 is 0 Å². The lowest BCUT2D eigenvalue weighted by molar-refractivity contribution is 0.115. The maximum atomic E-state index is 4.72. The van der Waals surface area contributed by atoms with Crippen molar-refractivity contribution in [1.29, 1.82) is 0 Å². The third-order valence-electron chi connectivity index (χ3n) is 4.88. The van der Waals surface area contributed by atoms with Gasteiger partial charge in [-0.25, -0.2) is 4.98 Å². The van der Waals surface area contributed by atoms with Gasteiger partial charge in [-0.2, -0.15) is 0 Å². The second-order valence-corrected chi connectivity index (χ2v) is 7.51. The molecule has 3 atom stereocenters. The van der Waals surface area contributed by atoms with Crippen LogP contribution >= 0.6 is 11.3 Å². The van der Waals surface area contributed by atoms with Crippen LogP contribution in [0.4, 0.5) is 5.13 Å².